The molecule has 1 aromatic carbocycles. The number of fused-ring (bicyclic) bond motifs is 1. The van der Waals surface area contributed by atoms with Crippen LogP contribution < -0.4 is 19.5 Å². The first-order chi connectivity index (χ1) is 14.3. The van der Waals surface area contributed by atoms with E-state index >= 15 is 0 Å². The first-order valence-corrected chi connectivity index (χ1v) is 12.2. The maximum Gasteiger partial charge on any atom is 0.240 e. The van der Waals surface area contributed by atoms with Gasteiger partial charge in [0, 0.05) is 24.9 Å². The highest BCUT2D eigenvalue weighted by molar-refractivity contribution is 7.89. The summed E-state index contributed by atoms with van der Waals surface area (Å²) >= 11 is 1.38. The summed E-state index contributed by atoms with van der Waals surface area (Å²) in [6, 6.07) is 4.57. The molecule has 1 aliphatic heterocycles. The average molecular weight is 455 g/mol. The summed E-state index contributed by atoms with van der Waals surface area (Å²) in [6.45, 7) is 5.19. The third kappa shape index (κ3) is 6.13. The second-order valence-corrected chi connectivity index (χ2v) is 9.94. The number of anilines is 1. The maximum absolute atomic E-state index is 12.4. The first-order valence-electron chi connectivity index (χ1n) is 9.88. The van der Waals surface area contributed by atoms with Gasteiger partial charge < -0.3 is 14.8 Å². The minimum Gasteiger partial charge on any atom is -0.486 e. The number of carbonyl (C=O) groups is 1. The molecule has 11 heteroatoms. The van der Waals surface area contributed by atoms with Crippen molar-refractivity contribution in [2.24, 2.45) is 0 Å². The minimum atomic E-state index is -3.62. The number of nitrogens with zero attached hydrogens (tertiary/aromatic N) is 2. The fourth-order valence-corrected chi connectivity index (χ4v) is 4.62. The molecule has 164 valence electrons. The molecule has 0 saturated heterocycles. The molecule has 0 fully saturated rings. The van der Waals surface area contributed by atoms with E-state index in [2.05, 4.69) is 20.2 Å². The van der Waals surface area contributed by atoms with Gasteiger partial charge in [-0.15, -0.1) is 10.2 Å². The molecule has 3 rings (SSSR count). The van der Waals surface area contributed by atoms with Gasteiger partial charge in [-0.05, 0) is 25.0 Å². The Labute approximate surface area is 180 Å². The van der Waals surface area contributed by atoms with Crippen molar-refractivity contribution in [2.75, 3.05) is 25.1 Å². The van der Waals surface area contributed by atoms with E-state index in [0.29, 0.717) is 55.7 Å². The van der Waals surface area contributed by atoms with E-state index in [4.69, 9.17) is 9.47 Å². The van der Waals surface area contributed by atoms with Gasteiger partial charge in [0.15, 0.2) is 11.5 Å². The normalized spacial score (nSPS) is 13.4. The number of hydrogen-bond acceptors (Lipinski definition) is 8. The van der Waals surface area contributed by atoms with Gasteiger partial charge in [0.1, 0.15) is 18.2 Å². The summed E-state index contributed by atoms with van der Waals surface area (Å²) in [5.41, 5.74) is 0. The molecule has 1 amide bonds. The average Bonchev–Trinajstić information content (AvgIpc) is 3.19. The molecular weight excluding hydrogens is 428 g/mol. The number of hydrogen-bond donors (Lipinski definition) is 2. The smallest absolute Gasteiger partial charge is 0.240 e. The zero-order valence-corrected chi connectivity index (χ0v) is 18.6. The predicted molar refractivity (Wildman–Crippen MR) is 114 cm³/mol. The number of rotatable bonds is 10. The molecule has 0 radical (unpaired) electrons. The van der Waals surface area contributed by atoms with Crippen molar-refractivity contribution in [1.29, 1.82) is 0 Å². The lowest BCUT2D eigenvalue weighted by Gasteiger charge is -2.18. The number of benzene rings is 1. The quantitative estimate of drug-likeness (QED) is 0.530. The van der Waals surface area contributed by atoms with Crippen molar-refractivity contribution >= 4 is 32.4 Å². The number of amides is 1. The van der Waals surface area contributed by atoms with Crippen molar-refractivity contribution in [1.82, 2.24) is 14.9 Å². The van der Waals surface area contributed by atoms with E-state index < -0.39 is 10.0 Å². The van der Waals surface area contributed by atoms with Crippen molar-refractivity contribution in [3.63, 3.8) is 0 Å². The molecule has 30 heavy (non-hydrogen) atoms. The highest BCUT2D eigenvalue weighted by atomic mass is 32.2. The number of carbonyl (C=O) groups excluding carboxylic acids is 1. The van der Waals surface area contributed by atoms with Crippen LogP contribution in [-0.4, -0.2) is 44.3 Å². The monoisotopic (exact) mass is 454 g/mol. The van der Waals surface area contributed by atoms with E-state index in [1.54, 1.807) is 6.07 Å². The predicted octanol–water partition coefficient (Wildman–Crippen LogP) is 2.91. The zero-order valence-electron chi connectivity index (χ0n) is 17.0. The standard InChI is InChI=1S/C19H26N4O5S2/c1-13(2)18-22-23-19(29-18)21-17(24)6-4-3-5-9-20-30(25,26)14-7-8-15-16(12-14)28-11-10-27-15/h7-8,12-13,20H,3-6,9-11H2,1-2H3,(H,21,23,24). The Balaban J connectivity index is 1.35. The fourth-order valence-electron chi connectivity index (χ4n) is 2.77. The van der Waals surface area contributed by atoms with Crippen LogP contribution in [0.25, 0.3) is 0 Å². The third-order valence-electron chi connectivity index (χ3n) is 4.38. The largest absolute Gasteiger partial charge is 0.486 e. The van der Waals surface area contributed by atoms with E-state index in [0.717, 1.165) is 11.4 Å². The molecule has 2 aromatic rings. The molecule has 0 atom stereocenters. The van der Waals surface area contributed by atoms with Gasteiger partial charge in [0.2, 0.25) is 21.1 Å². The SMILES string of the molecule is CC(C)c1nnc(NC(=O)CCCCCNS(=O)(=O)c2ccc3c(c2)OCCO3)s1. The van der Waals surface area contributed by atoms with E-state index in [1.807, 2.05) is 13.8 Å². The number of nitrogens with one attached hydrogen (secondary N) is 2. The number of ether oxygens (including phenoxy) is 2. The van der Waals surface area contributed by atoms with Gasteiger partial charge in [0.25, 0.3) is 0 Å². The number of unbranched alkanes of at least 4 members (excludes halogenated alkanes) is 2. The van der Waals surface area contributed by atoms with Gasteiger partial charge in [-0.2, -0.15) is 0 Å². The van der Waals surface area contributed by atoms with Crippen molar-refractivity contribution in [3.05, 3.63) is 23.2 Å². The molecule has 0 saturated carbocycles. The summed E-state index contributed by atoms with van der Waals surface area (Å²) in [4.78, 5) is 12.1. The van der Waals surface area contributed by atoms with Gasteiger partial charge in [-0.25, -0.2) is 13.1 Å². The Kier molecular flexibility index (Phi) is 7.62. The van der Waals surface area contributed by atoms with Crippen LogP contribution in [0.2, 0.25) is 0 Å². The Bertz CT molecular complexity index is 975. The molecule has 2 N–H and O–H groups in total. The van der Waals surface area contributed by atoms with Crippen molar-refractivity contribution < 1.29 is 22.7 Å². The van der Waals surface area contributed by atoms with E-state index in [9.17, 15) is 13.2 Å². The fraction of sp³-hybridized carbons (Fsp3) is 0.526. The third-order valence-corrected chi connectivity index (χ3v) is 6.98. The van der Waals surface area contributed by atoms with Crippen molar-refractivity contribution in [2.45, 2.75) is 50.3 Å². The minimum absolute atomic E-state index is 0.113. The molecule has 1 aliphatic rings. The Hall–Kier alpha value is -2.24. The van der Waals surface area contributed by atoms with E-state index in [1.165, 1.54) is 23.5 Å². The number of sulfonamides is 1. The molecule has 2 heterocycles. The van der Waals surface area contributed by atoms with Crippen LogP contribution in [0.1, 0.15) is 50.5 Å². The summed E-state index contributed by atoms with van der Waals surface area (Å²) in [5.74, 6) is 1.15. The van der Waals surface area contributed by atoms with Crippen LogP contribution in [0, 0.1) is 0 Å². The second kappa shape index (κ2) is 10.2. The molecule has 0 unspecified atom stereocenters. The van der Waals surface area contributed by atoms with Crippen LogP contribution in [0.5, 0.6) is 11.5 Å². The Morgan fingerprint density at radius 2 is 1.90 bits per heavy atom. The first kappa shape index (κ1) is 22.4. The van der Waals surface area contributed by atoms with Crippen molar-refractivity contribution in [3.8, 4) is 11.5 Å². The van der Waals surface area contributed by atoms with Crippen LogP contribution in [0.3, 0.4) is 0 Å². The molecule has 0 bridgehead atoms. The second-order valence-electron chi connectivity index (χ2n) is 7.16. The van der Waals surface area contributed by atoms with Gasteiger partial charge in [-0.1, -0.05) is 31.6 Å². The lowest BCUT2D eigenvalue weighted by atomic mass is 10.2. The molecule has 9 nitrogen and oxygen atoms in total. The summed E-state index contributed by atoms with van der Waals surface area (Å²) < 4.78 is 38.3. The lowest BCUT2D eigenvalue weighted by Crippen LogP contribution is -2.25. The van der Waals surface area contributed by atoms with Crippen LogP contribution in [0.15, 0.2) is 23.1 Å². The summed E-state index contributed by atoms with van der Waals surface area (Å²) in [6.07, 6.45) is 2.37. The topological polar surface area (TPSA) is 120 Å². The summed E-state index contributed by atoms with van der Waals surface area (Å²) in [7, 11) is -3.62. The highest BCUT2D eigenvalue weighted by Crippen LogP contribution is 2.32. The van der Waals surface area contributed by atoms with E-state index in [-0.39, 0.29) is 16.7 Å². The molecule has 0 spiro atoms. The van der Waals surface area contributed by atoms with Gasteiger partial charge in [-0.3, -0.25) is 4.79 Å². The number of aromatic nitrogens is 2. The highest BCUT2D eigenvalue weighted by Gasteiger charge is 2.19. The van der Waals surface area contributed by atoms with Gasteiger partial charge >= 0.3 is 0 Å². The molecule has 1 aromatic heterocycles. The van der Waals surface area contributed by atoms with Crippen LogP contribution in [-0.2, 0) is 14.8 Å². The zero-order chi connectivity index (χ0) is 21.6. The Morgan fingerprint density at radius 1 is 1.13 bits per heavy atom. The van der Waals surface area contributed by atoms with Crippen LogP contribution in [0.4, 0.5) is 5.13 Å². The van der Waals surface area contributed by atoms with Crippen LogP contribution >= 0.6 is 11.3 Å². The maximum atomic E-state index is 12.4. The van der Waals surface area contributed by atoms with Gasteiger partial charge in [0.05, 0.1) is 4.90 Å². The molecule has 0 aliphatic carbocycles. The Morgan fingerprint density at radius 3 is 2.63 bits per heavy atom. The lowest BCUT2D eigenvalue weighted by molar-refractivity contribution is -0.116. The molecular formula is C19H26N4O5S2. The summed E-state index contributed by atoms with van der Waals surface area (Å²) in [5, 5.41) is 12.1.